The highest BCUT2D eigenvalue weighted by atomic mass is 16.3. The second-order valence-corrected chi connectivity index (χ2v) is 11.2. The van der Waals surface area contributed by atoms with Crippen molar-refractivity contribution < 1.29 is 19.5 Å². The molecule has 4 nitrogen and oxygen atoms in total. The summed E-state index contributed by atoms with van der Waals surface area (Å²) < 4.78 is 104. The molecule has 0 aliphatic carbocycles. The molecule has 49 heavy (non-hydrogen) atoms. The molecule has 0 atom stereocenters. The standard InChI is InChI=1S/C45H29N3O/c1-5-14-30(15-6-1)35-26-36(31-16-7-2-8-17-31)28-37(27-35)38-22-13-23-40-39-25-24-34(29-41(39)49-42(38)40)45-47-43(32-18-9-3-10-19-32)46-44(48-45)33-20-11-4-12-21-33/h1-29H/i3D,9D,10D,13D,18D,19D,22D,23D,24D,25D,29D. The van der Waals surface area contributed by atoms with Crippen LogP contribution in [-0.4, -0.2) is 15.0 Å². The van der Waals surface area contributed by atoms with Crippen molar-refractivity contribution >= 4 is 21.9 Å². The van der Waals surface area contributed by atoms with Crippen LogP contribution in [0.4, 0.5) is 0 Å². The first-order valence-corrected chi connectivity index (χ1v) is 15.5. The van der Waals surface area contributed by atoms with Gasteiger partial charge in [-0.3, -0.25) is 0 Å². The molecule has 0 radical (unpaired) electrons. The summed E-state index contributed by atoms with van der Waals surface area (Å²) in [5.74, 6) is -0.599. The summed E-state index contributed by atoms with van der Waals surface area (Å²) in [6, 6.07) is 28.2. The van der Waals surface area contributed by atoms with Gasteiger partial charge in [0.05, 0.1) is 15.1 Å². The average Bonchev–Trinajstić information content (AvgIpc) is 3.68. The number of fused-ring (bicyclic) bond motifs is 3. The van der Waals surface area contributed by atoms with E-state index in [4.69, 9.17) is 14.0 Å². The Morgan fingerprint density at radius 3 is 1.59 bits per heavy atom. The molecule has 0 N–H and O–H groups in total. The first-order chi connectivity index (χ1) is 28.8. The van der Waals surface area contributed by atoms with Crippen molar-refractivity contribution in [1.29, 1.82) is 0 Å². The molecule has 0 saturated heterocycles. The van der Waals surface area contributed by atoms with E-state index >= 15 is 0 Å². The second-order valence-electron chi connectivity index (χ2n) is 11.2. The van der Waals surface area contributed by atoms with E-state index < -0.39 is 60.4 Å². The first-order valence-electron chi connectivity index (χ1n) is 21.0. The van der Waals surface area contributed by atoms with Gasteiger partial charge in [0, 0.05) is 33.0 Å². The molecule has 9 aromatic rings. The maximum absolute atomic E-state index is 9.51. The summed E-state index contributed by atoms with van der Waals surface area (Å²) in [5, 5.41) is -0.0828. The summed E-state index contributed by atoms with van der Waals surface area (Å²) in [6.07, 6.45) is 0. The van der Waals surface area contributed by atoms with Crippen molar-refractivity contribution in [3.63, 3.8) is 0 Å². The van der Waals surface area contributed by atoms with Gasteiger partial charge in [0.25, 0.3) is 0 Å². The normalized spacial score (nSPS) is 14.4. The summed E-state index contributed by atoms with van der Waals surface area (Å²) in [4.78, 5) is 13.6. The van der Waals surface area contributed by atoms with E-state index in [2.05, 4.69) is 15.0 Å². The molecule has 9 rings (SSSR count). The zero-order valence-corrected chi connectivity index (χ0v) is 25.6. The Balaban J connectivity index is 1.34. The van der Waals surface area contributed by atoms with E-state index in [1.54, 1.807) is 30.3 Å². The molecule has 7 aromatic carbocycles. The number of hydrogen-bond acceptors (Lipinski definition) is 4. The lowest BCUT2D eigenvalue weighted by Gasteiger charge is -2.11. The third-order valence-electron chi connectivity index (χ3n) is 8.11. The van der Waals surface area contributed by atoms with E-state index in [1.807, 2.05) is 78.9 Å². The smallest absolute Gasteiger partial charge is 0.164 e. The van der Waals surface area contributed by atoms with Crippen molar-refractivity contribution in [2.45, 2.75) is 0 Å². The van der Waals surface area contributed by atoms with E-state index in [0.29, 0.717) is 11.1 Å². The summed E-state index contributed by atoms with van der Waals surface area (Å²) >= 11 is 0. The van der Waals surface area contributed by atoms with Crippen LogP contribution >= 0.6 is 0 Å². The molecule has 0 aliphatic heterocycles. The van der Waals surface area contributed by atoms with Crippen LogP contribution in [0.3, 0.4) is 0 Å². The summed E-state index contributed by atoms with van der Waals surface area (Å²) in [7, 11) is 0. The molecule has 0 bridgehead atoms. The Morgan fingerprint density at radius 1 is 0.408 bits per heavy atom. The van der Waals surface area contributed by atoms with E-state index in [0.717, 1.165) is 22.3 Å². The lowest BCUT2D eigenvalue weighted by molar-refractivity contribution is 0.670. The highest BCUT2D eigenvalue weighted by molar-refractivity contribution is 6.10. The Kier molecular flexibility index (Phi) is 4.78. The fraction of sp³-hybridized carbons (Fsp3) is 0. The topological polar surface area (TPSA) is 51.8 Å². The number of hydrogen-bond donors (Lipinski definition) is 0. The van der Waals surface area contributed by atoms with Gasteiger partial charge in [0.1, 0.15) is 11.2 Å². The molecule has 0 fully saturated rings. The van der Waals surface area contributed by atoms with Crippen molar-refractivity contribution in [2.75, 3.05) is 0 Å². The predicted molar refractivity (Wildman–Crippen MR) is 200 cm³/mol. The van der Waals surface area contributed by atoms with Crippen LogP contribution in [0.25, 0.3) is 89.5 Å². The zero-order chi connectivity index (χ0) is 42.1. The lowest BCUT2D eigenvalue weighted by atomic mass is 9.92. The number of aromatic nitrogens is 3. The summed E-state index contributed by atoms with van der Waals surface area (Å²) in [6.45, 7) is 0. The van der Waals surface area contributed by atoms with Gasteiger partial charge in [0.2, 0.25) is 0 Å². The molecular weight excluding hydrogens is 599 g/mol. The number of para-hydroxylation sites is 1. The first kappa shape index (κ1) is 19.2. The predicted octanol–water partition coefficient (Wildman–Crippen LogP) is 11.8. The molecule has 0 spiro atoms. The Bertz CT molecular complexity index is 3130. The molecule has 2 heterocycles. The second kappa shape index (κ2) is 12.2. The molecule has 0 amide bonds. The minimum Gasteiger partial charge on any atom is -0.455 e. The lowest BCUT2D eigenvalue weighted by Crippen LogP contribution is -2.00. The Morgan fingerprint density at radius 2 is 0.959 bits per heavy atom. The van der Waals surface area contributed by atoms with Crippen LogP contribution < -0.4 is 0 Å². The van der Waals surface area contributed by atoms with Crippen molar-refractivity contribution in [3.8, 4) is 67.5 Å². The van der Waals surface area contributed by atoms with E-state index in [9.17, 15) is 5.48 Å². The third kappa shape index (κ3) is 5.45. The maximum atomic E-state index is 9.51. The van der Waals surface area contributed by atoms with Gasteiger partial charge in [-0.05, 0) is 58.1 Å². The van der Waals surface area contributed by atoms with Crippen LogP contribution in [-0.2, 0) is 0 Å². The molecule has 230 valence electrons. The number of furan rings is 1. The van der Waals surface area contributed by atoms with E-state index in [1.165, 1.54) is 0 Å². The summed E-state index contributed by atoms with van der Waals surface area (Å²) in [5.41, 5.74) is 3.72. The minimum absolute atomic E-state index is 0.00799. The zero-order valence-electron chi connectivity index (χ0n) is 36.6. The van der Waals surface area contributed by atoms with Gasteiger partial charge in [0.15, 0.2) is 17.5 Å². The van der Waals surface area contributed by atoms with Crippen LogP contribution in [0, 0.1) is 0 Å². The molecule has 2 aromatic heterocycles. The number of benzene rings is 7. The van der Waals surface area contributed by atoms with Crippen LogP contribution in [0.2, 0.25) is 0 Å². The molecule has 0 saturated carbocycles. The van der Waals surface area contributed by atoms with Gasteiger partial charge in [-0.2, -0.15) is 0 Å². The van der Waals surface area contributed by atoms with Crippen molar-refractivity contribution in [1.82, 2.24) is 15.0 Å². The van der Waals surface area contributed by atoms with Gasteiger partial charge in [-0.1, -0.05) is 145 Å². The van der Waals surface area contributed by atoms with Crippen LogP contribution in [0.1, 0.15) is 15.1 Å². The third-order valence-corrected chi connectivity index (χ3v) is 8.11. The SMILES string of the molecule is [2H]c1c([2H])c([2H])c(-c2nc(-c3ccccc3)nc(-c3c([2H])c([2H])c4c(oc5c(-c6cc(-c7ccccc7)cc(-c7ccccc7)c6)c([2H])c([2H])c([2H])c54)c3[2H])n2)c([2H])c1[2H]. The monoisotopic (exact) mass is 638 g/mol. The van der Waals surface area contributed by atoms with Crippen molar-refractivity contribution in [2.24, 2.45) is 0 Å². The van der Waals surface area contributed by atoms with Gasteiger partial charge in [-0.15, -0.1) is 0 Å². The highest BCUT2D eigenvalue weighted by Crippen LogP contribution is 2.40. The average molecular weight is 639 g/mol. The van der Waals surface area contributed by atoms with Crippen LogP contribution in [0.15, 0.2) is 180 Å². The van der Waals surface area contributed by atoms with Gasteiger partial charge >= 0.3 is 0 Å². The van der Waals surface area contributed by atoms with Gasteiger partial charge < -0.3 is 4.42 Å². The largest absolute Gasteiger partial charge is 0.455 e. The number of nitrogens with zero attached hydrogens (tertiary/aromatic N) is 3. The molecular formula is C45H29N3O. The maximum Gasteiger partial charge on any atom is 0.164 e. The fourth-order valence-corrected chi connectivity index (χ4v) is 5.78. The van der Waals surface area contributed by atoms with Crippen molar-refractivity contribution in [3.05, 3.63) is 176 Å². The molecule has 4 heteroatoms. The minimum atomic E-state index is -0.608. The Hall–Kier alpha value is -6.65. The van der Waals surface area contributed by atoms with E-state index in [-0.39, 0.29) is 62.1 Å². The number of rotatable bonds is 6. The van der Waals surface area contributed by atoms with Gasteiger partial charge in [-0.25, -0.2) is 15.0 Å². The highest BCUT2D eigenvalue weighted by Gasteiger charge is 2.17. The fourth-order valence-electron chi connectivity index (χ4n) is 5.78. The molecule has 0 aliphatic rings. The quantitative estimate of drug-likeness (QED) is 0.182. The Labute approximate surface area is 299 Å². The molecule has 0 unspecified atom stereocenters. The van der Waals surface area contributed by atoms with Crippen LogP contribution in [0.5, 0.6) is 0 Å².